The second-order valence-electron chi connectivity index (χ2n) is 3.65. The van der Waals surface area contributed by atoms with Gasteiger partial charge < -0.3 is 0 Å². The number of imidazole rings is 1. The lowest BCUT2D eigenvalue weighted by atomic mass is 10.0. The van der Waals surface area contributed by atoms with E-state index in [2.05, 4.69) is 49.4 Å². The fraction of sp³-hybridized carbons (Fsp3) is 0.250. The number of aromatic nitrogens is 2. The monoisotopic (exact) mass is 185 g/mol. The van der Waals surface area contributed by atoms with E-state index in [1.54, 1.807) is 6.20 Å². The summed E-state index contributed by atoms with van der Waals surface area (Å²) < 4.78 is 1.89. The molecule has 0 aliphatic carbocycles. The van der Waals surface area contributed by atoms with Crippen LogP contribution in [0.2, 0.25) is 0 Å². The van der Waals surface area contributed by atoms with Crippen LogP contribution in [0.25, 0.3) is 5.69 Å². The molecular formula is C12H13N2. The van der Waals surface area contributed by atoms with Crippen molar-refractivity contribution in [1.82, 2.24) is 9.55 Å². The zero-order valence-electron chi connectivity index (χ0n) is 8.44. The molecule has 1 heterocycles. The molecule has 0 bridgehead atoms. The lowest BCUT2D eigenvalue weighted by Crippen LogP contribution is -1.93. The Morgan fingerprint density at radius 3 is 2.86 bits per heavy atom. The minimum absolute atomic E-state index is 0.554. The summed E-state index contributed by atoms with van der Waals surface area (Å²) in [5.74, 6) is 0.554. The SMILES string of the molecule is CC(C)c1cccc(-n2[c]ncc2)c1. The van der Waals surface area contributed by atoms with Gasteiger partial charge in [-0.15, -0.1) is 0 Å². The first kappa shape index (κ1) is 9.00. The first-order valence-electron chi connectivity index (χ1n) is 4.79. The third-order valence-corrected chi connectivity index (χ3v) is 2.27. The van der Waals surface area contributed by atoms with Crippen molar-refractivity contribution in [2.24, 2.45) is 0 Å². The van der Waals surface area contributed by atoms with Gasteiger partial charge in [-0.1, -0.05) is 26.0 Å². The highest BCUT2D eigenvalue weighted by Crippen LogP contribution is 2.17. The Morgan fingerprint density at radius 1 is 1.36 bits per heavy atom. The van der Waals surface area contributed by atoms with Crippen LogP contribution in [0.1, 0.15) is 25.3 Å². The van der Waals surface area contributed by atoms with Crippen LogP contribution >= 0.6 is 0 Å². The molecule has 71 valence electrons. The minimum Gasteiger partial charge on any atom is -0.297 e. The largest absolute Gasteiger partial charge is 0.297 e. The van der Waals surface area contributed by atoms with Crippen molar-refractivity contribution in [2.75, 3.05) is 0 Å². The zero-order chi connectivity index (χ0) is 9.97. The van der Waals surface area contributed by atoms with Gasteiger partial charge in [0.1, 0.15) is 0 Å². The topological polar surface area (TPSA) is 17.8 Å². The smallest absolute Gasteiger partial charge is 0.181 e. The summed E-state index contributed by atoms with van der Waals surface area (Å²) in [5, 5.41) is 0. The lowest BCUT2D eigenvalue weighted by molar-refractivity contribution is 0.862. The Balaban J connectivity index is 2.41. The van der Waals surface area contributed by atoms with Gasteiger partial charge in [0.25, 0.3) is 0 Å². The van der Waals surface area contributed by atoms with Gasteiger partial charge >= 0.3 is 0 Å². The Bertz CT molecular complexity index is 402. The average Bonchev–Trinajstić information content (AvgIpc) is 2.71. The van der Waals surface area contributed by atoms with E-state index in [9.17, 15) is 0 Å². The Labute approximate surface area is 84.2 Å². The van der Waals surface area contributed by atoms with Gasteiger partial charge in [0.2, 0.25) is 0 Å². The Hall–Kier alpha value is -1.57. The molecule has 0 spiro atoms. The van der Waals surface area contributed by atoms with Crippen LogP contribution in [0.5, 0.6) is 0 Å². The van der Waals surface area contributed by atoms with E-state index in [0.29, 0.717) is 5.92 Å². The molecule has 1 aromatic carbocycles. The van der Waals surface area contributed by atoms with Crippen LogP contribution in [0.3, 0.4) is 0 Å². The number of rotatable bonds is 2. The van der Waals surface area contributed by atoms with Gasteiger partial charge in [-0.2, -0.15) is 0 Å². The molecule has 1 aromatic heterocycles. The van der Waals surface area contributed by atoms with Crippen molar-refractivity contribution in [3.63, 3.8) is 0 Å². The maximum absolute atomic E-state index is 3.91. The molecule has 0 saturated heterocycles. The first-order valence-corrected chi connectivity index (χ1v) is 4.79. The third kappa shape index (κ3) is 1.69. The molecule has 2 rings (SSSR count). The summed E-state index contributed by atoms with van der Waals surface area (Å²) in [7, 11) is 0. The van der Waals surface area contributed by atoms with E-state index in [1.807, 2.05) is 10.8 Å². The first-order chi connectivity index (χ1) is 6.77. The summed E-state index contributed by atoms with van der Waals surface area (Å²) in [6, 6.07) is 8.44. The van der Waals surface area contributed by atoms with Crippen molar-refractivity contribution < 1.29 is 0 Å². The molecule has 0 aliphatic rings. The second-order valence-corrected chi connectivity index (χ2v) is 3.65. The minimum atomic E-state index is 0.554. The predicted molar refractivity (Wildman–Crippen MR) is 56.5 cm³/mol. The van der Waals surface area contributed by atoms with Crippen LogP contribution < -0.4 is 0 Å². The molecule has 2 nitrogen and oxygen atoms in total. The molecule has 14 heavy (non-hydrogen) atoms. The van der Waals surface area contributed by atoms with E-state index in [1.165, 1.54) is 5.56 Å². The van der Waals surface area contributed by atoms with Gasteiger partial charge in [0.15, 0.2) is 6.33 Å². The molecule has 2 heteroatoms. The van der Waals surface area contributed by atoms with Gasteiger partial charge in [-0.05, 0) is 23.6 Å². The molecule has 2 aromatic rings. The van der Waals surface area contributed by atoms with Gasteiger partial charge in [-0.25, -0.2) is 4.98 Å². The van der Waals surface area contributed by atoms with Crippen molar-refractivity contribution in [2.45, 2.75) is 19.8 Å². The molecule has 0 unspecified atom stereocenters. The van der Waals surface area contributed by atoms with Gasteiger partial charge in [0.05, 0.1) is 0 Å². The fourth-order valence-electron chi connectivity index (χ4n) is 1.41. The van der Waals surface area contributed by atoms with Crippen molar-refractivity contribution in [3.8, 4) is 5.69 Å². The highest BCUT2D eigenvalue weighted by molar-refractivity contribution is 5.36. The Morgan fingerprint density at radius 2 is 2.21 bits per heavy atom. The van der Waals surface area contributed by atoms with Crippen LogP contribution in [-0.4, -0.2) is 9.55 Å². The summed E-state index contributed by atoms with van der Waals surface area (Å²) in [5.41, 5.74) is 2.46. The number of hydrogen-bond acceptors (Lipinski definition) is 1. The fourth-order valence-corrected chi connectivity index (χ4v) is 1.41. The van der Waals surface area contributed by atoms with Crippen LogP contribution in [-0.2, 0) is 0 Å². The quantitative estimate of drug-likeness (QED) is 0.703. The molecule has 0 aliphatic heterocycles. The highest BCUT2D eigenvalue weighted by atomic mass is 15.0. The number of nitrogens with zero attached hydrogens (tertiary/aromatic N) is 2. The van der Waals surface area contributed by atoms with E-state index < -0.39 is 0 Å². The van der Waals surface area contributed by atoms with Crippen molar-refractivity contribution >= 4 is 0 Å². The summed E-state index contributed by atoms with van der Waals surface area (Å²) in [6.07, 6.45) is 6.53. The molecular weight excluding hydrogens is 172 g/mol. The third-order valence-electron chi connectivity index (χ3n) is 2.27. The predicted octanol–water partition coefficient (Wildman–Crippen LogP) is 2.80. The molecule has 0 saturated carbocycles. The lowest BCUT2D eigenvalue weighted by Gasteiger charge is -2.07. The van der Waals surface area contributed by atoms with Crippen molar-refractivity contribution in [3.05, 3.63) is 48.5 Å². The maximum Gasteiger partial charge on any atom is 0.181 e. The summed E-state index contributed by atoms with van der Waals surface area (Å²) in [6.45, 7) is 4.38. The molecule has 0 N–H and O–H groups in total. The maximum atomic E-state index is 3.91. The van der Waals surface area contributed by atoms with E-state index in [-0.39, 0.29) is 0 Å². The number of hydrogen-bond donors (Lipinski definition) is 0. The standard InChI is InChI=1S/C12H13N2/c1-10(2)11-4-3-5-12(8-11)14-7-6-13-9-14/h3-8,10H,1-2H3. The summed E-state index contributed by atoms with van der Waals surface area (Å²) >= 11 is 0. The molecule has 0 amide bonds. The second kappa shape index (κ2) is 3.66. The van der Waals surface area contributed by atoms with Crippen molar-refractivity contribution in [1.29, 1.82) is 0 Å². The molecule has 0 atom stereocenters. The van der Waals surface area contributed by atoms with Gasteiger partial charge in [0, 0.05) is 18.1 Å². The number of benzene rings is 1. The molecule has 0 fully saturated rings. The average molecular weight is 185 g/mol. The van der Waals surface area contributed by atoms with E-state index in [0.717, 1.165) is 5.69 Å². The normalized spacial score (nSPS) is 10.8. The highest BCUT2D eigenvalue weighted by Gasteiger charge is 2.01. The van der Waals surface area contributed by atoms with E-state index >= 15 is 0 Å². The zero-order valence-corrected chi connectivity index (χ0v) is 8.44. The Kier molecular flexibility index (Phi) is 2.35. The van der Waals surface area contributed by atoms with Crippen LogP contribution in [0.4, 0.5) is 0 Å². The van der Waals surface area contributed by atoms with Crippen LogP contribution in [0, 0.1) is 6.33 Å². The molecule has 1 radical (unpaired) electrons. The van der Waals surface area contributed by atoms with E-state index in [4.69, 9.17) is 0 Å². The van der Waals surface area contributed by atoms with Gasteiger partial charge in [-0.3, -0.25) is 4.57 Å². The van der Waals surface area contributed by atoms with Crippen LogP contribution in [0.15, 0.2) is 36.7 Å². The summed E-state index contributed by atoms with van der Waals surface area (Å²) in [4.78, 5) is 3.91.